The lowest BCUT2D eigenvalue weighted by atomic mass is 9.99. The highest BCUT2D eigenvalue weighted by Crippen LogP contribution is 2.17. The van der Waals surface area contributed by atoms with Crippen LogP contribution in [0.25, 0.3) is 0 Å². The number of nitrogens with zero attached hydrogens (tertiary/aromatic N) is 1. The molecule has 4 nitrogen and oxygen atoms in total. The van der Waals surface area contributed by atoms with E-state index >= 15 is 0 Å². The third-order valence-corrected chi connectivity index (χ3v) is 3.27. The predicted octanol–water partition coefficient (Wildman–Crippen LogP) is 2.18. The maximum Gasteiger partial charge on any atom is 0.269 e. The summed E-state index contributed by atoms with van der Waals surface area (Å²) in [5, 5.41) is 9.11. The third kappa shape index (κ3) is 3.52. The van der Waals surface area contributed by atoms with E-state index in [1.807, 2.05) is 0 Å². The summed E-state index contributed by atoms with van der Waals surface area (Å²) in [4.78, 5) is 11.6. The van der Waals surface area contributed by atoms with Gasteiger partial charge >= 0.3 is 0 Å². The van der Waals surface area contributed by atoms with Crippen molar-refractivity contribution in [1.82, 2.24) is 15.5 Å². The molecule has 0 bridgehead atoms. The van der Waals surface area contributed by atoms with Crippen molar-refractivity contribution in [3.63, 3.8) is 0 Å². The van der Waals surface area contributed by atoms with Gasteiger partial charge in [0.15, 0.2) is 0 Å². The van der Waals surface area contributed by atoms with Gasteiger partial charge in [0.1, 0.15) is 5.69 Å². The number of amides is 1. The standard InChI is InChI=1S/C11H18ClN3O/c1-3-8(4-2)9(12)7-13-11(16)10-5-6-14-15-10/h5-6,8-9H,3-4,7H2,1-2H3,(H,13,16)(H,14,15). The van der Waals surface area contributed by atoms with Crippen LogP contribution >= 0.6 is 11.6 Å². The van der Waals surface area contributed by atoms with E-state index in [1.165, 1.54) is 0 Å². The SMILES string of the molecule is CCC(CC)C(Cl)CNC(=O)c1ccn[nH]1. The second-order valence-corrected chi connectivity index (χ2v) is 4.33. The Balaban J connectivity index is 2.37. The molecule has 0 aliphatic carbocycles. The molecule has 90 valence electrons. The highest BCUT2D eigenvalue weighted by molar-refractivity contribution is 6.21. The van der Waals surface area contributed by atoms with Crippen molar-refractivity contribution in [1.29, 1.82) is 0 Å². The monoisotopic (exact) mass is 243 g/mol. The van der Waals surface area contributed by atoms with Gasteiger partial charge in [-0.2, -0.15) is 5.10 Å². The quantitative estimate of drug-likeness (QED) is 0.753. The van der Waals surface area contributed by atoms with Crippen molar-refractivity contribution in [3.8, 4) is 0 Å². The van der Waals surface area contributed by atoms with Gasteiger partial charge in [-0.15, -0.1) is 11.6 Å². The number of H-pyrrole nitrogens is 1. The molecule has 0 aliphatic heterocycles. The van der Waals surface area contributed by atoms with Crippen LogP contribution in [0.4, 0.5) is 0 Å². The molecule has 0 radical (unpaired) electrons. The Morgan fingerprint density at radius 2 is 2.25 bits per heavy atom. The van der Waals surface area contributed by atoms with E-state index < -0.39 is 0 Å². The maximum absolute atomic E-state index is 11.6. The minimum atomic E-state index is -0.158. The zero-order valence-corrected chi connectivity index (χ0v) is 10.4. The zero-order valence-electron chi connectivity index (χ0n) is 9.66. The largest absolute Gasteiger partial charge is 0.349 e. The Bertz CT molecular complexity index is 309. The number of carbonyl (C=O) groups excluding carboxylic acids is 1. The van der Waals surface area contributed by atoms with Gasteiger partial charge in [-0.1, -0.05) is 26.7 Å². The molecule has 1 unspecified atom stereocenters. The van der Waals surface area contributed by atoms with E-state index in [-0.39, 0.29) is 11.3 Å². The van der Waals surface area contributed by atoms with Crippen LogP contribution in [0.15, 0.2) is 12.3 Å². The molecule has 1 aromatic heterocycles. The first-order chi connectivity index (χ1) is 7.69. The van der Waals surface area contributed by atoms with E-state index in [1.54, 1.807) is 12.3 Å². The van der Waals surface area contributed by atoms with Gasteiger partial charge in [-0.3, -0.25) is 9.89 Å². The summed E-state index contributed by atoms with van der Waals surface area (Å²) in [6, 6.07) is 1.63. The Kier molecular flexibility index (Phi) is 5.32. The van der Waals surface area contributed by atoms with E-state index in [2.05, 4.69) is 29.4 Å². The number of alkyl halides is 1. The van der Waals surface area contributed by atoms with Crippen molar-refractivity contribution in [3.05, 3.63) is 18.0 Å². The Morgan fingerprint density at radius 3 is 2.75 bits per heavy atom. The molecular weight excluding hydrogens is 226 g/mol. The number of hydrogen-bond acceptors (Lipinski definition) is 2. The zero-order chi connectivity index (χ0) is 12.0. The number of rotatable bonds is 6. The highest BCUT2D eigenvalue weighted by atomic mass is 35.5. The van der Waals surface area contributed by atoms with Crippen LogP contribution in [-0.2, 0) is 0 Å². The van der Waals surface area contributed by atoms with Crippen LogP contribution < -0.4 is 5.32 Å². The lowest BCUT2D eigenvalue weighted by molar-refractivity contribution is 0.0946. The van der Waals surface area contributed by atoms with Crippen molar-refractivity contribution in [2.45, 2.75) is 32.1 Å². The molecule has 0 fully saturated rings. The molecule has 0 aliphatic rings. The normalized spacial score (nSPS) is 12.8. The fourth-order valence-electron chi connectivity index (χ4n) is 1.63. The van der Waals surface area contributed by atoms with Crippen molar-refractivity contribution in [2.24, 2.45) is 5.92 Å². The second-order valence-electron chi connectivity index (χ2n) is 3.77. The van der Waals surface area contributed by atoms with E-state index in [0.717, 1.165) is 12.8 Å². The van der Waals surface area contributed by atoms with Gasteiger partial charge in [-0.05, 0) is 12.0 Å². The summed E-state index contributed by atoms with van der Waals surface area (Å²) in [7, 11) is 0. The molecular formula is C11H18ClN3O. The summed E-state index contributed by atoms with van der Waals surface area (Å²) in [5.41, 5.74) is 0.466. The predicted molar refractivity (Wildman–Crippen MR) is 64.6 cm³/mol. The average molecular weight is 244 g/mol. The Labute approximate surface area is 101 Å². The van der Waals surface area contributed by atoms with Crippen LogP contribution in [0.1, 0.15) is 37.2 Å². The fourth-order valence-corrected chi connectivity index (χ4v) is 2.07. The van der Waals surface area contributed by atoms with E-state index in [4.69, 9.17) is 11.6 Å². The van der Waals surface area contributed by atoms with E-state index in [0.29, 0.717) is 18.2 Å². The molecule has 1 aromatic rings. The first kappa shape index (κ1) is 13.0. The molecule has 0 spiro atoms. The van der Waals surface area contributed by atoms with Crippen LogP contribution in [0.5, 0.6) is 0 Å². The Hall–Kier alpha value is -1.03. The minimum absolute atomic E-state index is 0.0122. The first-order valence-electron chi connectivity index (χ1n) is 5.60. The van der Waals surface area contributed by atoms with Gasteiger partial charge in [-0.25, -0.2) is 0 Å². The van der Waals surface area contributed by atoms with Gasteiger partial charge in [0.25, 0.3) is 5.91 Å². The van der Waals surface area contributed by atoms with Gasteiger partial charge in [0, 0.05) is 12.7 Å². The molecule has 1 amide bonds. The summed E-state index contributed by atoms with van der Waals surface area (Å²) in [6.07, 6.45) is 3.61. The molecule has 16 heavy (non-hydrogen) atoms. The van der Waals surface area contributed by atoms with Crippen LogP contribution in [0.3, 0.4) is 0 Å². The van der Waals surface area contributed by atoms with Crippen LogP contribution in [-0.4, -0.2) is 28.0 Å². The first-order valence-corrected chi connectivity index (χ1v) is 6.04. The van der Waals surface area contributed by atoms with Crippen molar-refractivity contribution in [2.75, 3.05) is 6.54 Å². The number of nitrogens with one attached hydrogen (secondary N) is 2. The molecule has 1 atom stereocenters. The smallest absolute Gasteiger partial charge is 0.269 e. The lowest BCUT2D eigenvalue weighted by Crippen LogP contribution is -2.33. The summed E-state index contributed by atoms with van der Waals surface area (Å²) in [5.74, 6) is 0.290. The van der Waals surface area contributed by atoms with Crippen molar-refractivity contribution >= 4 is 17.5 Å². The minimum Gasteiger partial charge on any atom is -0.349 e. The Morgan fingerprint density at radius 1 is 1.56 bits per heavy atom. The van der Waals surface area contributed by atoms with Crippen LogP contribution in [0, 0.1) is 5.92 Å². The van der Waals surface area contributed by atoms with E-state index in [9.17, 15) is 4.79 Å². The summed E-state index contributed by atoms with van der Waals surface area (Å²) in [6.45, 7) is 4.71. The summed E-state index contributed by atoms with van der Waals surface area (Å²) >= 11 is 6.21. The van der Waals surface area contributed by atoms with Gasteiger partial charge in [0.2, 0.25) is 0 Å². The molecule has 2 N–H and O–H groups in total. The third-order valence-electron chi connectivity index (χ3n) is 2.76. The number of aromatic amines is 1. The number of carbonyl (C=O) groups is 1. The molecule has 0 saturated heterocycles. The number of hydrogen-bond donors (Lipinski definition) is 2. The number of aromatic nitrogens is 2. The molecule has 1 rings (SSSR count). The topological polar surface area (TPSA) is 57.8 Å². The molecule has 0 aromatic carbocycles. The average Bonchev–Trinajstić information content (AvgIpc) is 2.81. The summed E-state index contributed by atoms with van der Waals surface area (Å²) < 4.78 is 0. The molecule has 5 heteroatoms. The molecule has 0 saturated carbocycles. The van der Waals surface area contributed by atoms with Crippen molar-refractivity contribution < 1.29 is 4.79 Å². The van der Waals surface area contributed by atoms with Gasteiger partial charge in [0.05, 0.1) is 5.38 Å². The fraction of sp³-hybridized carbons (Fsp3) is 0.636. The van der Waals surface area contributed by atoms with Gasteiger partial charge < -0.3 is 5.32 Å². The second kappa shape index (κ2) is 6.53. The number of halogens is 1. The molecule has 1 heterocycles. The van der Waals surface area contributed by atoms with Crippen LogP contribution in [0.2, 0.25) is 0 Å². The lowest BCUT2D eigenvalue weighted by Gasteiger charge is -2.19. The highest BCUT2D eigenvalue weighted by Gasteiger charge is 2.17. The maximum atomic E-state index is 11.6.